The minimum atomic E-state index is -1.41. The normalized spacial score (nSPS) is 10.9. The Morgan fingerprint density at radius 1 is 1.43 bits per heavy atom. The number of carboxylic acids is 1. The second-order valence-corrected chi connectivity index (χ2v) is 4.88. The number of amides is 2. The number of carbonyl (C=O) groups is 2. The zero-order valence-corrected chi connectivity index (χ0v) is 12.4. The number of carboxylic acid groups (broad SMARTS) is 1. The molecule has 0 saturated heterocycles. The summed E-state index contributed by atoms with van der Waals surface area (Å²) in [5.41, 5.74) is -1.48. The molecule has 1 aromatic rings. The number of urea groups is 1. The monoisotopic (exact) mass is 298 g/mol. The highest BCUT2D eigenvalue weighted by Gasteiger charge is 2.37. The molecule has 0 atom stereocenters. The van der Waals surface area contributed by atoms with Crippen molar-refractivity contribution < 1.29 is 23.8 Å². The van der Waals surface area contributed by atoms with Crippen LogP contribution in [0.15, 0.2) is 18.2 Å². The van der Waals surface area contributed by atoms with Gasteiger partial charge in [0.05, 0.1) is 12.8 Å². The molecule has 21 heavy (non-hydrogen) atoms. The van der Waals surface area contributed by atoms with E-state index in [1.165, 1.54) is 33.1 Å². The van der Waals surface area contributed by atoms with Gasteiger partial charge in [0.1, 0.15) is 17.1 Å². The number of nitrogens with zero attached hydrogens (tertiary/aromatic N) is 1. The van der Waals surface area contributed by atoms with E-state index in [1.807, 2.05) is 0 Å². The first-order chi connectivity index (χ1) is 9.73. The van der Waals surface area contributed by atoms with Gasteiger partial charge in [-0.3, -0.25) is 0 Å². The summed E-state index contributed by atoms with van der Waals surface area (Å²) in [5.74, 6) is -1.40. The fourth-order valence-corrected chi connectivity index (χ4v) is 1.82. The van der Waals surface area contributed by atoms with E-state index in [1.54, 1.807) is 6.92 Å². The molecule has 0 aliphatic heterocycles. The van der Waals surface area contributed by atoms with E-state index >= 15 is 0 Å². The number of hydrogen-bond acceptors (Lipinski definition) is 3. The first-order valence-electron chi connectivity index (χ1n) is 6.39. The van der Waals surface area contributed by atoms with Gasteiger partial charge in [0, 0.05) is 12.6 Å². The molecule has 0 aromatic heterocycles. The number of rotatable bonds is 5. The highest BCUT2D eigenvalue weighted by atomic mass is 19.1. The smallest absolute Gasteiger partial charge is 0.329 e. The molecule has 0 spiro atoms. The Hall–Kier alpha value is -2.31. The third-order valence-corrected chi connectivity index (χ3v) is 3.17. The Labute approximate surface area is 122 Å². The van der Waals surface area contributed by atoms with Crippen LogP contribution in [0.2, 0.25) is 0 Å². The topological polar surface area (TPSA) is 78.9 Å². The molecule has 0 aliphatic carbocycles. The molecule has 0 unspecified atom stereocenters. The van der Waals surface area contributed by atoms with Crippen molar-refractivity contribution in [2.24, 2.45) is 0 Å². The maximum Gasteiger partial charge on any atom is 0.329 e. The number of ether oxygens (including phenoxy) is 1. The Bertz CT molecular complexity index is 546. The molecule has 2 amide bonds. The minimum absolute atomic E-state index is 0.0704. The maximum atomic E-state index is 13.7. The highest BCUT2D eigenvalue weighted by molar-refractivity contribution is 5.93. The van der Waals surface area contributed by atoms with Crippen LogP contribution in [0.3, 0.4) is 0 Å². The van der Waals surface area contributed by atoms with Gasteiger partial charge in [-0.25, -0.2) is 14.0 Å². The van der Waals surface area contributed by atoms with Crippen LogP contribution < -0.4 is 10.1 Å². The van der Waals surface area contributed by atoms with Crippen molar-refractivity contribution in [2.75, 3.05) is 19.0 Å². The van der Waals surface area contributed by atoms with Gasteiger partial charge in [-0.05, 0) is 32.9 Å². The number of nitrogens with one attached hydrogen (secondary N) is 1. The van der Waals surface area contributed by atoms with Crippen molar-refractivity contribution in [2.45, 2.75) is 26.3 Å². The summed E-state index contributed by atoms with van der Waals surface area (Å²) in [4.78, 5) is 24.5. The summed E-state index contributed by atoms with van der Waals surface area (Å²) in [7, 11) is 1.42. The van der Waals surface area contributed by atoms with Crippen molar-refractivity contribution >= 4 is 17.7 Å². The molecule has 7 heteroatoms. The molecule has 0 aliphatic rings. The molecule has 0 fully saturated rings. The Balaban J connectivity index is 3.01. The van der Waals surface area contributed by atoms with E-state index in [9.17, 15) is 19.1 Å². The van der Waals surface area contributed by atoms with Gasteiger partial charge in [0.2, 0.25) is 0 Å². The van der Waals surface area contributed by atoms with Gasteiger partial charge in [0.15, 0.2) is 0 Å². The summed E-state index contributed by atoms with van der Waals surface area (Å²) < 4.78 is 18.6. The number of likely N-dealkylation sites (N-methyl/N-ethyl adjacent to an activating group) is 1. The van der Waals surface area contributed by atoms with Crippen LogP contribution in [0.25, 0.3) is 0 Å². The summed E-state index contributed by atoms with van der Waals surface area (Å²) in [6, 6.07) is 3.21. The fourth-order valence-electron chi connectivity index (χ4n) is 1.82. The van der Waals surface area contributed by atoms with Crippen molar-refractivity contribution in [3.05, 3.63) is 24.0 Å². The quantitative estimate of drug-likeness (QED) is 0.875. The summed E-state index contributed by atoms with van der Waals surface area (Å²) >= 11 is 0. The van der Waals surface area contributed by atoms with Gasteiger partial charge in [-0.15, -0.1) is 0 Å². The maximum absolute atomic E-state index is 13.7. The Kier molecular flexibility index (Phi) is 5.12. The first-order valence-corrected chi connectivity index (χ1v) is 6.39. The van der Waals surface area contributed by atoms with Crippen LogP contribution in [0.1, 0.15) is 20.8 Å². The van der Waals surface area contributed by atoms with E-state index in [2.05, 4.69) is 5.32 Å². The number of carbonyl (C=O) groups excluding carboxylic acids is 1. The van der Waals surface area contributed by atoms with Gasteiger partial charge >= 0.3 is 12.0 Å². The number of halogens is 1. The molecular weight excluding hydrogens is 279 g/mol. The summed E-state index contributed by atoms with van der Waals surface area (Å²) in [6.45, 7) is 4.61. The number of benzene rings is 1. The average molecular weight is 298 g/mol. The number of aliphatic carboxylic acids is 1. The zero-order chi connectivity index (χ0) is 16.2. The standard InChI is InChI=1S/C14H19FN2O4/c1-5-17(14(2,3)12(18)19)13(20)16-11-8-9(21-4)6-7-10(11)15/h6-8H,5H2,1-4H3,(H,16,20)(H,18,19). The van der Waals surface area contributed by atoms with Crippen molar-refractivity contribution in [3.63, 3.8) is 0 Å². The van der Waals surface area contributed by atoms with Gasteiger partial charge < -0.3 is 20.1 Å². The lowest BCUT2D eigenvalue weighted by Gasteiger charge is -2.34. The van der Waals surface area contributed by atoms with Crippen LogP contribution in [0, 0.1) is 5.82 Å². The molecule has 116 valence electrons. The minimum Gasteiger partial charge on any atom is -0.497 e. The van der Waals surface area contributed by atoms with E-state index in [4.69, 9.17) is 4.74 Å². The SMILES string of the molecule is CCN(C(=O)Nc1cc(OC)ccc1F)C(C)(C)C(=O)O. The van der Waals surface area contributed by atoms with E-state index in [-0.39, 0.29) is 12.2 Å². The fraction of sp³-hybridized carbons (Fsp3) is 0.429. The van der Waals surface area contributed by atoms with E-state index in [0.717, 1.165) is 11.0 Å². The first kappa shape index (κ1) is 16.7. The molecule has 0 bridgehead atoms. The highest BCUT2D eigenvalue weighted by Crippen LogP contribution is 2.23. The lowest BCUT2D eigenvalue weighted by atomic mass is 10.0. The molecule has 0 radical (unpaired) electrons. The third-order valence-electron chi connectivity index (χ3n) is 3.17. The van der Waals surface area contributed by atoms with Crippen LogP contribution in [0.5, 0.6) is 5.75 Å². The van der Waals surface area contributed by atoms with Crippen LogP contribution in [0.4, 0.5) is 14.9 Å². The van der Waals surface area contributed by atoms with Gasteiger partial charge in [-0.1, -0.05) is 0 Å². The molecule has 1 rings (SSSR count). The number of hydrogen-bond donors (Lipinski definition) is 2. The molecule has 2 N–H and O–H groups in total. The van der Waals surface area contributed by atoms with Crippen molar-refractivity contribution in [1.82, 2.24) is 4.90 Å². The zero-order valence-electron chi connectivity index (χ0n) is 12.4. The van der Waals surface area contributed by atoms with Gasteiger partial charge in [0.25, 0.3) is 0 Å². The number of methoxy groups -OCH3 is 1. The lowest BCUT2D eigenvalue weighted by Crippen LogP contribution is -2.54. The van der Waals surface area contributed by atoms with Crippen LogP contribution >= 0.6 is 0 Å². The van der Waals surface area contributed by atoms with Crippen LogP contribution in [-0.4, -0.2) is 41.2 Å². The second-order valence-electron chi connectivity index (χ2n) is 4.88. The largest absolute Gasteiger partial charge is 0.497 e. The average Bonchev–Trinajstić information content (AvgIpc) is 2.41. The molecular formula is C14H19FN2O4. The summed E-state index contributed by atoms with van der Waals surface area (Å²) in [6.07, 6.45) is 0. The van der Waals surface area contributed by atoms with Crippen LogP contribution in [-0.2, 0) is 4.79 Å². The predicted octanol–water partition coefficient (Wildman–Crippen LogP) is 2.55. The van der Waals surface area contributed by atoms with E-state index in [0.29, 0.717) is 5.75 Å². The molecule has 6 nitrogen and oxygen atoms in total. The Morgan fingerprint density at radius 3 is 2.52 bits per heavy atom. The summed E-state index contributed by atoms with van der Waals surface area (Å²) in [5, 5.41) is 11.5. The molecule has 0 saturated carbocycles. The van der Waals surface area contributed by atoms with Crippen molar-refractivity contribution in [3.8, 4) is 5.75 Å². The molecule has 0 heterocycles. The third kappa shape index (κ3) is 3.62. The lowest BCUT2D eigenvalue weighted by molar-refractivity contribution is -0.147. The Morgan fingerprint density at radius 2 is 2.05 bits per heavy atom. The van der Waals surface area contributed by atoms with Crippen molar-refractivity contribution in [1.29, 1.82) is 0 Å². The molecule has 1 aromatic carbocycles. The number of anilines is 1. The van der Waals surface area contributed by atoms with E-state index < -0.39 is 23.4 Å². The second kappa shape index (κ2) is 6.43. The van der Waals surface area contributed by atoms with Gasteiger partial charge in [-0.2, -0.15) is 0 Å². The predicted molar refractivity (Wildman–Crippen MR) is 76.1 cm³/mol.